The maximum absolute atomic E-state index is 5.56. The molecular formula is C14H16N4O2. The van der Waals surface area contributed by atoms with Crippen LogP contribution < -0.4 is 9.47 Å². The van der Waals surface area contributed by atoms with Gasteiger partial charge in [-0.05, 0) is 30.7 Å². The predicted octanol–water partition coefficient (Wildman–Crippen LogP) is 2.12. The normalized spacial score (nSPS) is 10.7. The first-order valence-electron chi connectivity index (χ1n) is 6.23. The quantitative estimate of drug-likeness (QED) is 0.572. The summed E-state index contributed by atoms with van der Waals surface area (Å²) in [5, 5.41) is 11.5. The second-order valence-electron chi connectivity index (χ2n) is 3.83. The van der Waals surface area contributed by atoms with Gasteiger partial charge in [-0.15, -0.1) is 10.2 Å². The SMILES string of the molecule is C=CCOc1ccc(/C=N\n2cnnc2)cc1OCC. The van der Waals surface area contributed by atoms with Crippen molar-refractivity contribution in [3.05, 3.63) is 49.1 Å². The van der Waals surface area contributed by atoms with Crippen LogP contribution >= 0.6 is 0 Å². The van der Waals surface area contributed by atoms with Crippen LogP contribution in [-0.4, -0.2) is 34.3 Å². The van der Waals surface area contributed by atoms with Crippen molar-refractivity contribution in [2.24, 2.45) is 5.10 Å². The highest BCUT2D eigenvalue weighted by Crippen LogP contribution is 2.28. The fourth-order valence-electron chi connectivity index (χ4n) is 1.53. The number of hydrogen-bond donors (Lipinski definition) is 0. The molecular weight excluding hydrogens is 256 g/mol. The summed E-state index contributed by atoms with van der Waals surface area (Å²) >= 11 is 0. The Hall–Kier alpha value is -2.63. The Morgan fingerprint density at radius 2 is 2.05 bits per heavy atom. The van der Waals surface area contributed by atoms with Gasteiger partial charge in [0.2, 0.25) is 0 Å². The van der Waals surface area contributed by atoms with E-state index in [9.17, 15) is 0 Å². The fraction of sp³-hybridized carbons (Fsp3) is 0.214. The van der Waals surface area contributed by atoms with E-state index in [1.165, 1.54) is 17.3 Å². The van der Waals surface area contributed by atoms with Gasteiger partial charge in [-0.3, -0.25) is 0 Å². The molecule has 1 heterocycles. The van der Waals surface area contributed by atoms with E-state index in [1.807, 2.05) is 25.1 Å². The number of benzene rings is 1. The maximum atomic E-state index is 5.56. The molecule has 0 aliphatic carbocycles. The van der Waals surface area contributed by atoms with Crippen molar-refractivity contribution in [1.82, 2.24) is 14.9 Å². The second kappa shape index (κ2) is 7.08. The van der Waals surface area contributed by atoms with E-state index in [0.29, 0.717) is 24.7 Å². The fourth-order valence-corrected chi connectivity index (χ4v) is 1.53. The van der Waals surface area contributed by atoms with E-state index in [2.05, 4.69) is 21.9 Å². The van der Waals surface area contributed by atoms with Crippen molar-refractivity contribution in [2.75, 3.05) is 13.2 Å². The number of ether oxygens (including phenoxy) is 2. The molecule has 0 amide bonds. The molecule has 0 saturated heterocycles. The minimum Gasteiger partial charge on any atom is -0.490 e. The minimum atomic E-state index is 0.439. The first-order valence-corrected chi connectivity index (χ1v) is 6.23. The van der Waals surface area contributed by atoms with Crippen LogP contribution in [0.2, 0.25) is 0 Å². The Morgan fingerprint density at radius 1 is 1.25 bits per heavy atom. The van der Waals surface area contributed by atoms with Crippen molar-refractivity contribution in [2.45, 2.75) is 6.92 Å². The van der Waals surface area contributed by atoms with Gasteiger partial charge < -0.3 is 9.47 Å². The molecule has 0 spiro atoms. The molecule has 0 atom stereocenters. The molecule has 0 radical (unpaired) electrons. The van der Waals surface area contributed by atoms with Gasteiger partial charge in [-0.2, -0.15) is 5.10 Å². The van der Waals surface area contributed by atoms with Gasteiger partial charge in [0, 0.05) is 0 Å². The van der Waals surface area contributed by atoms with Crippen molar-refractivity contribution >= 4 is 6.21 Å². The number of nitrogens with zero attached hydrogens (tertiary/aromatic N) is 4. The highest BCUT2D eigenvalue weighted by molar-refractivity contribution is 5.80. The highest BCUT2D eigenvalue weighted by atomic mass is 16.5. The molecule has 0 aliphatic rings. The van der Waals surface area contributed by atoms with E-state index >= 15 is 0 Å². The monoisotopic (exact) mass is 272 g/mol. The molecule has 104 valence electrons. The third kappa shape index (κ3) is 3.68. The third-order valence-electron chi connectivity index (χ3n) is 2.37. The van der Waals surface area contributed by atoms with E-state index in [1.54, 1.807) is 12.3 Å². The van der Waals surface area contributed by atoms with Gasteiger partial charge >= 0.3 is 0 Å². The summed E-state index contributed by atoms with van der Waals surface area (Å²) < 4.78 is 12.6. The van der Waals surface area contributed by atoms with E-state index in [4.69, 9.17) is 9.47 Å². The number of aromatic nitrogens is 3. The maximum Gasteiger partial charge on any atom is 0.161 e. The molecule has 0 unspecified atom stereocenters. The average Bonchev–Trinajstić information content (AvgIpc) is 2.98. The van der Waals surface area contributed by atoms with Crippen molar-refractivity contribution < 1.29 is 9.47 Å². The molecule has 6 nitrogen and oxygen atoms in total. The van der Waals surface area contributed by atoms with Crippen LogP contribution in [0.4, 0.5) is 0 Å². The highest BCUT2D eigenvalue weighted by Gasteiger charge is 2.05. The van der Waals surface area contributed by atoms with Crippen LogP contribution in [0, 0.1) is 0 Å². The number of hydrogen-bond acceptors (Lipinski definition) is 5. The summed E-state index contributed by atoms with van der Waals surface area (Å²) in [5.74, 6) is 1.37. The molecule has 1 aromatic heterocycles. The third-order valence-corrected chi connectivity index (χ3v) is 2.37. The molecule has 2 aromatic rings. The topological polar surface area (TPSA) is 61.5 Å². The van der Waals surface area contributed by atoms with Crippen LogP contribution in [0.5, 0.6) is 11.5 Å². The summed E-state index contributed by atoms with van der Waals surface area (Å²) in [4.78, 5) is 0. The first kappa shape index (κ1) is 13.8. The van der Waals surface area contributed by atoms with Crippen LogP contribution in [0.25, 0.3) is 0 Å². The van der Waals surface area contributed by atoms with Gasteiger partial charge in [0.25, 0.3) is 0 Å². The zero-order valence-electron chi connectivity index (χ0n) is 11.3. The lowest BCUT2D eigenvalue weighted by Gasteiger charge is -2.11. The lowest BCUT2D eigenvalue weighted by atomic mass is 10.2. The second-order valence-corrected chi connectivity index (χ2v) is 3.83. The van der Waals surface area contributed by atoms with Crippen molar-refractivity contribution in [3.63, 3.8) is 0 Å². The largest absolute Gasteiger partial charge is 0.490 e. The van der Waals surface area contributed by atoms with Gasteiger partial charge in [0.15, 0.2) is 11.5 Å². The smallest absolute Gasteiger partial charge is 0.161 e. The van der Waals surface area contributed by atoms with Crippen LogP contribution in [0.15, 0.2) is 48.6 Å². The van der Waals surface area contributed by atoms with E-state index in [0.717, 1.165) is 5.56 Å². The Kier molecular flexibility index (Phi) is 4.88. The van der Waals surface area contributed by atoms with Crippen LogP contribution in [0.3, 0.4) is 0 Å². The molecule has 0 bridgehead atoms. The molecule has 0 N–H and O–H groups in total. The van der Waals surface area contributed by atoms with E-state index in [-0.39, 0.29) is 0 Å². The zero-order chi connectivity index (χ0) is 14.2. The van der Waals surface area contributed by atoms with Crippen LogP contribution in [-0.2, 0) is 0 Å². The van der Waals surface area contributed by atoms with Crippen molar-refractivity contribution in [1.29, 1.82) is 0 Å². The lowest BCUT2D eigenvalue weighted by molar-refractivity contribution is 0.297. The Balaban J connectivity index is 2.18. The Labute approximate surface area is 117 Å². The summed E-state index contributed by atoms with van der Waals surface area (Å²) in [7, 11) is 0. The summed E-state index contributed by atoms with van der Waals surface area (Å²) in [5.41, 5.74) is 0.896. The molecule has 20 heavy (non-hydrogen) atoms. The van der Waals surface area contributed by atoms with Gasteiger partial charge in [0.05, 0.1) is 12.8 Å². The van der Waals surface area contributed by atoms with Gasteiger partial charge in [-0.25, -0.2) is 4.68 Å². The summed E-state index contributed by atoms with van der Waals surface area (Å²) in [6.45, 7) is 6.56. The average molecular weight is 272 g/mol. The first-order chi connectivity index (χ1) is 9.83. The molecule has 2 rings (SSSR count). The molecule has 0 aliphatic heterocycles. The molecule has 0 saturated carbocycles. The molecule has 0 fully saturated rings. The van der Waals surface area contributed by atoms with Gasteiger partial charge in [-0.1, -0.05) is 12.7 Å². The zero-order valence-corrected chi connectivity index (χ0v) is 11.3. The summed E-state index contributed by atoms with van der Waals surface area (Å²) in [6.07, 6.45) is 6.42. The minimum absolute atomic E-state index is 0.439. The Morgan fingerprint density at radius 3 is 2.75 bits per heavy atom. The van der Waals surface area contributed by atoms with E-state index < -0.39 is 0 Å². The standard InChI is InChI=1S/C14H16N4O2/c1-3-7-20-13-6-5-12(8-14(13)19-4-2)9-17-18-10-15-16-11-18/h3,5-6,8-11H,1,4,7H2,2H3/b17-9-. The summed E-state index contributed by atoms with van der Waals surface area (Å²) in [6, 6.07) is 5.62. The number of rotatable bonds is 7. The van der Waals surface area contributed by atoms with Crippen LogP contribution in [0.1, 0.15) is 12.5 Å². The predicted molar refractivity (Wildman–Crippen MR) is 76.3 cm³/mol. The molecule has 1 aromatic carbocycles. The molecule has 6 heteroatoms. The van der Waals surface area contributed by atoms with Crippen molar-refractivity contribution in [3.8, 4) is 11.5 Å². The van der Waals surface area contributed by atoms with Gasteiger partial charge in [0.1, 0.15) is 19.3 Å². The lowest BCUT2D eigenvalue weighted by Crippen LogP contribution is -1.99. The Bertz CT molecular complexity index is 579.